The number of likely N-dealkylation sites (tertiary alicyclic amines) is 1. The van der Waals surface area contributed by atoms with Crippen LogP contribution < -0.4 is 4.74 Å². The number of methoxy groups -OCH3 is 1. The van der Waals surface area contributed by atoms with Gasteiger partial charge in [-0.15, -0.1) is 11.3 Å². The monoisotopic (exact) mass is 276 g/mol. The van der Waals surface area contributed by atoms with Gasteiger partial charge < -0.3 is 9.64 Å². The molecular weight excluding hydrogens is 260 g/mol. The van der Waals surface area contributed by atoms with Crippen molar-refractivity contribution in [3.05, 3.63) is 23.2 Å². The van der Waals surface area contributed by atoms with Crippen molar-refractivity contribution in [3.8, 4) is 5.75 Å². The van der Waals surface area contributed by atoms with Gasteiger partial charge in [0.2, 0.25) is 0 Å². The topological polar surface area (TPSA) is 42.4 Å². The minimum absolute atomic E-state index is 0.0693. The normalized spacial score (nSPS) is 15.7. The number of rotatable bonds is 2. The van der Waals surface area contributed by atoms with Crippen LogP contribution in [0, 0.1) is 0 Å². The van der Waals surface area contributed by atoms with Gasteiger partial charge in [-0.05, 0) is 31.4 Å². The molecule has 0 atom stereocenters. The Morgan fingerprint density at radius 2 is 2.11 bits per heavy atom. The Bertz CT molecular complexity index is 603. The lowest BCUT2D eigenvalue weighted by atomic mass is 10.1. The van der Waals surface area contributed by atoms with Crippen LogP contribution in [0.3, 0.4) is 0 Å². The van der Waals surface area contributed by atoms with E-state index in [9.17, 15) is 4.79 Å². The summed E-state index contributed by atoms with van der Waals surface area (Å²) >= 11 is 1.46. The third kappa shape index (κ3) is 2.42. The second kappa shape index (κ2) is 5.17. The molecule has 0 aliphatic carbocycles. The Labute approximate surface area is 116 Å². The highest BCUT2D eigenvalue weighted by Gasteiger charge is 2.21. The van der Waals surface area contributed by atoms with Gasteiger partial charge in [-0.25, -0.2) is 4.98 Å². The summed E-state index contributed by atoms with van der Waals surface area (Å²) in [6, 6.07) is 5.73. The standard InChI is InChI=1S/C14H16N2O2S/c1-18-10-5-6-12-11(9-10)15-13(19-12)14(17)16-7-3-2-4-8-16/h5-6,9H,2-4,7-8H2,1H3. The number of piperidine rings is 1. The zero-order valence-corrected chi connectivity index (χ0v) is 11.7. The van der Waals surface area contributed by atoms with E-state index in [1.54, 1.807) is 7.11 Å². The molecule has 0 saturated carbocycles. The Kier molecular flexibility index (Phi) is 3.38. The van der Waals surface area contributed by atoms with Gasteiger partial charge in [0.1, 0.15) is 5.75 Å². The molecule has 1 aromatic heterocycles. The smallest absolute Gasteiger partial charge is 0.282 e. The second-order valence-corrected chi connectivity index (χ2v) is 5.74. The molecule has 0 unspecified atom stereocenters. The molecule has 3 rings (SSSR count). The maximum atomic E-state index is 12.4. The van der Waals surface area contributed by atoms with Crippen molar-refractivity contribution in [3.63, 3.8) is 0 Å². The summed E-state index contributed by atoms with van der Waals surface area (Å²) in [7, 11) is 1.63. The number of carbonyl (C=O) groups is 1. The van der Waals surface area contributed by atoms with Crippen LogP contribution in [0.5, 0.6) is 5.75 Å². The summed E-state index contributed by atoms with van der Waals surface area (Å²) in [4.78, 5) is 18.7. The van der Waals surface area contributed by atoms with Crippen LogP contribution in [0.25, 0.3) is 10.2 Å². The maximum Gasteiger partial charge on any atom is 0.282 e. The maximum absolute atomic E-state index is 12.4. The molecule has 1 saturated heterocycles. The lowest BCUT2D eigenvalue weighted by molar-refractivity contribution is 0.0724. The van der Waals surface area contributed by atoms with Crippen LogP contribution in [-0.2, 0) is 0 Å². The molecule has 1 aromatic carbocycles. The summed E-state index contributed by atoms with van der Waals surface area (Å²) in [6.45, 7) is 1.72. The van der Waals surface area contributed by atoms with E-state index >= 15 is 0 Å². The highest BCUT2D eigenvalue weighted by molar-refractivity contribution is 7.20. The molecule has 19 heavy (non-hydrogen) atoms. The number of fused-ring (bicyclic) bond motifs is 1. The first-order valence-corrected chi connectivity index (χ1v) is 7.33. The van der Waals surface area contributed by atoms with Crippen molar-refractivity contribution in [2.45, 2.75) is 19.3 Å². The number of aromatic nitrogens is 1. The first kappa shape index (κ1) is 12.4. The van der Waals surface area contributed by atoms with Crippen molar-refractivity contribution in [1.82, 2.24) is 9.88 Å². The molecule has 1 aliphatic rings. The molecular formula is C14H16N2O2S. The number of hydrogen-bond donors (Lipinski definition) is 0. The fraction of sp³-hybridized carbons (Fsp3) is 0.429. The molecule has 100 valence electrons. The third-order valence-corrected chi connectivity index (χ3v) is 4.45. The predicted molar refractivity (Wildman–Crippen MR) is 75.9 cm³/mol. The minimum atomic E-state index is 0.0693. The lowest BCUT2D eigenvalue weighted by Crippen LogP contribution is -2.35. The van der Waals surface area contributed by atoms with Crippen LogP contribution in [-0.4, -0.2) is 36.0 Å². The average Bonchev–Trinajstić information content (AvgIpc) is 2.90. The number of thiazole rings is 1. The van der Waals surface area contributed by atoms with Crippen LogP contribution >= 0.6 is 11.3 Å². The summed E-state index contributed by atoms with van der Waals surface area (Å²) in [6.07, 6.45) is 3.43. The van der Waals surface area contributed by atoms with Crippen LogP contribution in [0.2, 0.25) is 0 Å². The first-order valence-electron chi connectivity index (χ1n) is 6.52. The largest absolute Gasteiger partial charge is 0.497 e. The molecule has 2 aromatic rings. The van der Waals surface area contributed by atoms with Crippen molar-refractivity contribution in [2.75, 3.05) is 20.2 Å². The molecule has 0 radical (unpaired) electrons. The van der Waals surface area contributed by atoms with Gasteiger partial charge >= 0.3 is 0 Å². The van der Waals surface area contributed by atoms with Gasteiger partial charge in [0.05, 0.1) is 17.3 Å². The SMILES string of the molecule is COc1ccc2sc(C(=O)N3CCCCC3)nc2c1. The molecule has 0 N–H and O–H groups in total. The van der Waals surface area contributed by atoms with E-state index in [-0.39, 0.29) is 5.91 Å². The van der Waals surface area contributed by atoms with Crippen molar-refractivity contribution in [1.29, 1.82) is 0 Å². The van der Waals surface area contributed by atoms with E-state index in [0.717, 1.165) is 41.9 Å². The Balaban J connectivity index is 1.89. The molecule has 0 spiro atoms. The van der Waals surface area contributed by atoms with Gasteiger partial charge in [-0.1, -0.05) is 0 Å². The van der Waals surface area contributed by atoms with E-state index in [2.05, 4.69) is 4.98 Å². The van der Waals surface area contributed by atoms with Gasteiger partial charge in [-0.3, -0.25) is 4.79 Å². The lowest BCUT2D eigenvalue weighted by Gasteiger charge is -2.25. The molecule has 4 nitrogen and oxygen atoms in total. The Morgan fingerprint density at radius 3 is 2.84 bits per heavy atom. The molecule has 1 fully saturated rings. The number of hydrogen-bond acceptors (Lipinski definition) is 4. The van der Waals surface area contributed by atoms with Gasteiger partial charge in [0, 0.05) is 19.2 Å². The molecule has 0 bridgehead atoms. The fourth-order valence-corrected chi connectivity index (χ4v) is 3.27. The van der Waals surface area contributed by atoms with E-state index in [0.29, 0.717) is 5.01 Å². The fourth-order valence-electron chi connectivity index (χ4n) is 2.36. The van der Waals surface area contributed by atoms with Crippen molar-refractivity contribution < 1.29 is 9.53 Å². The summed E-state index contributed by atoms with van der Waals surface area (Å²) < 4.78 is 6.21. The average molecular weight is 276 g/mol. The number of ether oxygens (including phenoxy) is 1. The molecule has 1 amide bonds. The van der Waals surface area contributed by atoms with Gasteiger partial charge in [0.15, 0.2) is 5.01 Å². The number of carbonyl (C=O) groups excluding carboxylic acids is 1. The number of amides is 1. The zero-order valence-electron chi connectivity index (χ0n) is 10.9. The first-order chi connectivity index (χ1) is 9.28. The Hall–Kier alpha value is -1.62. The number of benzene rings is 1. The Morgan fingerprint density at radius 1 is 1.32 bits per heavy atom. The van der Waals surface area contributed by atoms with Crippen LogP contribution in [0.4, 0.5) is 0 Å². The molecule has 5 heteroatoms. The highest BCUT2D eigenvalue weighted by Crippen LogP contribution is 2.27. The molecule has 1 aliphatic heterocycles. The van der Waals surface area contributed by atoms with Gasteiger partial charge in [-0.2, -0.15) is 0 Å². The van der Waals surface area contributed by atoms with Crippen molar-refractivity contribution >= 4 is 27.5 Å². The van der Waals surface area contributed by atoms with Gasteiger partial charge in [0.25, 0.3) is 5.91 Å². The van der Waals surface area contributed by atoms with E-state index in [4.69, 9.17) is 4.74 Å². The number of nitrogens with zero attached hydrogens (tertiary/aromatic N) is 2. The second-order valence-electron chi connectivity index (χ2n) is 4.71. The summed E-state index contributed by atoms with van der Waals surface area (Å²) in [5, 5.41) is 0.588. The minimum Gasteiger partial charge on any atom is -0.497 e. The van der Waals surface area contributed by atoms with E-state index in [1.165, 1.54) is 17.8 Å². The third-order valence-electron chi connectivity index (χ3n) is 3.42. The van der Waals surface area contributed by atoms with Crippen LogP contribution in [0.15, 0.2) is 18.2 Å². The van der Waals surface area contributed by atoms with Crippen molar-refractivity contribution in [2.24, 2.45) is 0 Å². The van der Waals surface area contributed by atoms with Crippen LogP contribution in [0.1, 0.15) is 29.1 Å². The molecule has 2 heterocycles. The predicted octanol–water partition coefficient (Wildman–Crippen LogP) is 2.93. The highest BCUT2D eigenvalue weighted by atomic mass is 32.1. The summed E-state index contributed by atoms with van der Waals surface area (Å²) in [5.74, 6) is 0.842. The van der Waals surface area contributed by atoms with E-state index in [1.807, 2.05) is 23.1 Å². The quantitative estimate of drug-likeness (QED) is 0.847. The zero-order chi connectivity index (χ0) is 13.2. The van der Waals surface area contributed by atoms with E-state index < -0.39 is 0 Å². The summed E-state index contributed by atoms with van der Waals surface area (Å²) in [5.41, 5.74) is 0.838.